The highest BCUT2D eigenvalue weighted by molar-refractivity contribution is 5.38. The van der Waals surface area contributed by atoms with Crippen LogP contribution in [0.3, 0.4) is 0 Å². The summed E-state index contributed by atoms with van der Waals surface area (Å²) in [6.45, 7) is 6.55. The van der Waals surface area contributed by atoms with Gasteiger partial charge in [-0.1, -0.05) is 25.1 Å². The zero-order valence-corrected chi connectivity index (χ0v) is 10.1. The van der Waals surface area contributed by atoms with Crippen LogP contribution in [-0.2, 0) is 0 Å². The van der Waals surface area contributed by atoms with E-state index in [0.717, 1.165) is 12.2 Å². The number of hydrogen-bond acceptors (Lipinski definition) is 1. The summed E-state index contributed by atoms with van der Waals surface area (Å²) in [6, 6.07) is 6.50. The second kappa shape index (κ2) is 4.52. The summed E-state index contributed by atoms with van der Waals surface area (Å²) in [5, 5.41) is 0. The molecule has 1 aromatic heterocycles. The fourth-order valence-corrected chi connectivity index (χ4v) is 2.18. The lowest BCUT2D eigenvalue weighted by molar-refractivity contribution is 0.723. The normalized spacial score (nSPS) is 12.7. The number of nitrogens with zero attached hydrogens (tertiary/aromatic N) is 1. The van der Waals surface area contributed by atoms with Gasteiger partial charge in [-0.3, -0.25) is 0 Å². The van der Waals surface area contributed by atoms with E-state index in [2.05, 4.69) is 48.9 Å². The van der Waals surface area contributed by atoms with Crippen LogP contribution in [0.1, 0.15) is 41.8 Å². The first-order chi connectivity index (χ1) is 7.74. The molecule has 1 aromatic carbocycles. The van der Waals surface area contributed by atoms with Crippen LogP contribution in [0.4, 0.5) is 0 Å². The van der Waals surface area contributed by atoms with Gasteiger partial charge in [0, 0.05) is 18.3 Å². The standard InChI is InChI=1S/C14H18N2/c1-4-12(14-15-8-9-16-14)13-7-5-6-10(2)11(13)3/h5-9,12H,4H2,1-3H3,(H,15,16)/t12-/m1/s1. The molecule has 0 aliphatic carbocycles. The third-order valence-electron chi connectivity index (χ3n) is 3.28. The summed E-state index contributed by atoms with van der Waals surface area (Å²) >= 11 is 0. The van der Waals surface area contributed by atoms with Gasteiger partial charge in [0.2, 0.25) is 0 Å². The molecule has 84 valence electrons. The van der Waals surface area contributed by atoms with Crippen LogP contribution in [0.15, 0.2) is 30.6 Å². The van der Waals surface area contributed by atoms with Crippen molar-refractivity contribution in [1.82, 2.24) is 9.97 Å². The lowest BCUT2D eigenvalue weighted by Crippen LogP contribution is -2.04. The van der Waals surface area contributed by atoms with Gasteiger partial charge in [0.15, 0.2) is 0 Å². The highest BCUT2D eigenvalue weighted by atomic mass is 14.9. The number of benzene rings is 1. The van der Waals surface area contributed by atoms with Gasteiger partial charge in [-0.05, 0) is 37.0 Å². The van der Waals surface area contributed by atoms with Gasteiger partial charge >= 0.3 is 0 Å². The molecule has 1 heterocycles. The van der Waals surface area contributed by atoms with Crippen LogP contribution in [0, 0.1) is 13.8 Å². The predicted molar refractivity (Wildman–Crippen MR) is 66.6 cm³/mol. The molecule has 16 heavy (non-hydrogen) atoms. The summed E-state index contributed by atoms with van der Waals surface area (Å²) in [7, 11) is 0. The minimum atomic E-state index is 0.384. The minimum Gasteiger partial charge on any atom is -0.348 e. The Kier molecular flexibility index (Phi) is 3.09. The highest BCUT2D eigenvalue weighted by Gasteiger charge is 2.16. The second-order valence-corrected chi connectivity index (χ2v) is 4.22. The van der Waals surface area contributed by atoms with Gasteiger partial charge in [-0.2, -0.15) is 0 Å². The van der Waals surface area contributed by atoms with Gasteiger partial charge in [0.25, 0.3) is 0 Å². The maximum atomic E-state index is 4.38. The van der Waals surface area contributed by atoms with E-state index in [1.807, 2.05) is 12.4 Å². The molecule has 2 nitrogen and oxygen atoms in total. The molecule has 0 saturated carbocycles. The van der Waals surface area contributed by atoms with Gasteiger partial charge in [0.1, 0.15) is 5.82 Å². The van der Waals surface area contributed by atoms with E-state index in [4.69, 9.17) is 0 Å². The highest BCUT2D eigenvalue weighted by Crippen LogP contribution is 2.28. The summed E-state index contributed by atoms with van der Waals surface area (Å²) in [6.07, 6.45) is 4.78. The van der Waals surface area contributed by atoms with Crippen LogP contribution in [0.25, 0.3) is 0 Å². The van der Waals surface area contributed by atoms with Gasteiger partial charge in [-0.15, -0.1) is 0 Å². The Morgan fingerprint density at radius 3 is 2.75 bits per heavy atom. The van der Waals surface area contributed by atoms with E-state index in [1.54, 1.807) is 0 Å². The summed E-state index contributed by atoms with van der Waals surface area (Å²) < 4.78 is 0. The maximum Gasteiger partial charge on any atom is 0.113 e. The summed E-state index contributed by atoms with van der Waals surface area (Å²) in [4.78, 5) is 7.60. The van der Waals surface area contributed by atoms with Crippen molar-refractivity contribution in [2.24, 2.45) is 0 Å². The summed E-state index contributed by atoms with van der Waals surface area (Å²) in [5.41, 5.74) is 4.12. The Morgan fingerprint density at radius 2 is 2.12 bits per heavy atom. The molecule has 0 amide bonds. The van der Waals surface area contributed by atoms with Gasteiger partial charge in [0.05, 0.1) is 0 Å². The quantitative estimate of drug-likeness (QED) is 0.831. The number of rotatable bonds is 3. The number of nitrogens with one attached hydrogen (secondary N) is 1. The number of hydrogen-bond donors (Lipinski definition) is 1. The van der Waals surface area contributed by atoms with E-state index in [0.29, 0.717) is 5.92 Å². The molecular weight excluding hydrogens is 196 g/mol. The minimum absolute atomic E-state index is 0.384. The number of H-pyrrole nitrogens is 1. The second-order valence-electron chi connectivity index (χ2n) is 4.22. The maximum absolute atomic E-state index is 4.38. The molecule has 1 N–H and O–H groups in total. The van der Waals surface area contributed by atoms with Crippen molar-refractivity contribution in [3.63, 3.8) is 0 Å². The molecule has 0 fully saturated rings. The fourth-order valence-electron chi connectivity index (χ4n) is 2.18. The van der Waals surface area contributed by atoms with Crippen LogP contribution >= 0.6 is 0 Å². The van der Waals surface area contributed by atoms with E-state index in [1.165, 1.54) is 16.7 Å². The molecule has 0 radical (unpaired) electrons. The van der Waals surface area contributed by atoms with E-state index in [-0.39, 0.29) is 0 Å². The summed E-state index contributed by atoms with van der Waals surface area (Å²) in [5.74, 6) is 1.45. The number of aryl methyl sites for hydroxylation is 1. The third-order valence-corrected chi connectivity index (χ3v) is 3.28. The molecule has 1 atom stereocenters. The van der Waals surface area contributed by atoms with Crippen molar-refractivity contribution < 1.29 is 0 Å². The van der Waals surface area contributed by atoms with Gasteiger partial charge < -0.3 is 4.98 Å². The van der Waals surface area contributed by atoms with Crippen molar-refractivity contribution in [2.75, 3.05) is 0 Å². The Bertz CT molecular complexity index is 458. The average Bonchev–Trinajstić information content (AvgIpc) is 2.79. The van der Waals surface area contributed by atoms with Crippen molar-refractivity contribution in [2.45, 2.75) is 33.1 Å². The molecule has 0 aliphatic heterocycles. The zero-order chi connectivity index (χ0) is 11.5. The van der Waals surface area contributed by atoms with E-state index in [9.17, 15) is 0 Å². The number of aromatic amines is 1. The van der Waals surface area contributed by atoms with Crippen LogP contribution in [-0.4, -0.2) is 9.97 Å². The van der Waals surface area contributed by atoms with Crippen molar-refractivity contribution in [1.29, 1.82) is 0 Å². The fraction of sp³-hybridized carbons (Fsp3) is 0.357. The molecule has 0 aliphatic rings. The molecule has 2 aromatic rings. The van der Waals surface area contributed by atoms with E-state index >= 15 is 0 Å². The predicted octanol–water partition coefficient (Wildman–Crippen LogP) is 3.57. The first kappa shape index (κ1) is 10.9. The van der Waals surface area contributed by atoms with Crippen LogP contribution in [0.5, 0.6) is 0 Å². The first-order valence-electron chi connectivity index (χ1n) is 5.79. The molecule has 0 saturated heterocycles. The monoisotopic (exact) mass is 214 g/mol. The molecule has 2 rings (SSSR count). The lowest BCUT2D eigenvalue weighted by atomic mass is 9.90. The number of aromatic nitrogens is 2. The first-order valence-corrected chi connectivity index (χ1v) is 5.79. The van der Waals surface area contributed by atoms with Crippen LogP contribution < -0.4 is 0 Å². The Morgan fingerprint density at radius 1 is 1.31 bits per heavy atom. The molecule has 0 bridgehead atoms. The molecule has 0 spiro atoms. The Balaban J connectivity index is 2.45. The topological polar surface area (TPSA) is 28.7 Å². The third kappa shape index (κ3) is 1.87. The van der Waals surface area contributed by atoms with Gasteiger partial charge in [-0.25, -0.2) is 4.98 Å². The molecular formula is C14H18N2. The lowest BCUT2D eigenvalue weighted by Gasteiger charge is -2.16. The SMILES string of the molecule is CC[C@@H](c1ncc[nH]1)c1cccc(C)c1C. The number of imidazole rings is 1. The Hall–Kier alpha value is -1.57. The zero-order valence-electron chi connectivity index (χ0n) is 10.1. The van der Waals surface area contributed by atoms with E-state index < -0.39 is 0 Å². The smallest absolute Gasteiger partial charge is 0.113 e. The molecule has 0 unspecified atom stereocenters. The van der Waals surface area contributed by atoms with Crippen molar-refractivity contribution >= 4 is 0 Å². The van der Waals surface area contributed by atoms with Crippen LogP contribution in [0.2, 0.25) is 0 Å². The average molecular weight is 214 g/mol. The molecule has 2 heteroatoms. The van der Waals surface area contributed by atoms with Crippen molar-refractivity contribution in [3.05, 3.63) is 53.1 Å². The van der Waals surface area contributed by atoms with Crippen molar-refractivity contribution in [3.8, 4) is 0 Å². The largest absolute Gasteiger partial charge is 0.348 e. The Labute approximate surface area is 96.7 Å².